The Bertz CT molecular complexity index is 514. The summed E-state index contributed by atoms with van der Waals surface area (Å²) in [6.45, 7) is 1.80. The van der Waals surface area contributed by atoms with Crippen LogP contribution in [0.3, 0.4) is 0 Å². The van der Waals surface area contributed by atoms with Gasteiger partial charge in [0.25, 0.3) is 5.69 Å². The van der Waals surface area contributed by atoms with Gasteiger partial charge in [-0.1, -0.05) is 13.3 Å². The molecule has 0 heterocycles. The second kappa shape index (κ2) is 8.08. The third kappa shape index (κ3) is 4.62. The van der Waals surface area contributed by atoms with Gasteiger partial charge in [0.05, 0.1) is 30.8 Å². The molecule has 0 aromatic heterocycles. The lowest BCUT2D eigenvalue weighted by Gasteiger charge is -2.11. The van der Waals surface area contributed by atoms with Crippen LogP contribution in [0.4, 0.5) is 5.69 Å². The number of benzene rings is 1. The van der Waals surface area contributed by atoms with Crippen LogP contribution in [0.15, 0.2) is 12.1 Å². The van der Waals surface area contributed by atoms with Crippen molar-refractivity contribution >= 4 is 11.7 Å². The molecular formula is C14H19NO6. The van der Waals surface area contributed by atoms with E-state index in [4.69, 9.17) is 14.2 Å². The average Bonchev–Trinajstić information content (AvgIpc) is 2.49. The number of nitro benzene ring substituents is 1. The first-order chi connectivity index (χ1) is 10.0. The van der Waals surface area contributed by atoms with Crippen LogP contribution in [-0.4, -0.2) is 25.1 Å². The van der Waals surface area contributed by atoms with Gasteiger partial charge in [0.2, 0.25) is 0 Å². The molecule has 0 bridgehead atoms. The molecular weight excluding hydrogens is 278 g/mol. The topological polar surface area (TPSA) is 87.9 Å². The van der Waals surface area contributed by atoms with Crippen LogP contribution in [0.2, 0.25) is 0 Å². The van der Waals surface area contributed by atoms with E-state index in [1.54, 1.807) is 0 Å². The number of esters is 1. The first-order valence-corrected chi connectivity index (χ1v) is 6.58. The Balaban J connectivity index is 2.93. The zero-order valence-corrected chi connectivity index (χ0v) is 12.4. The molecule has 21 heavy (non-hydrogen) atoms. The maximum Gasteiger partial charge on any atom is 0.306 e. The van der Waals surface area contributed by atoms with E-state index < -0.39 is 4.92 Å². The van der Waals surface area contributed by atoms with Crippen LogP contribution in [0.25, 0.3) is 0 Å². The van der Waals surface area contributed by atoms with Gasteiger partial charge in [-0.25, -0.2) is 0 Å². The Morgan fingerprint density at radius 3 is 2.38 bits per heavy atom. The Morgan fingerprint density at radius 1 is 1.24 bits per heavy atom. The van der Waals surface area contributed by atoms with Gasteiger partial charge in [0.15, 0.2) is 11.5 Å². The minimum atomic E-state index is -0.544. The van der Waals surface area contributed by atoms with E-state index in [1.165, 1.54) is 26.4 Å². The lowest BCUT2D eigenvalue weighted by atomic mass is 10.1. The molecule has 0 amide bonds. The molecule has 7 heteroatoms. The molecule has 0 saturated heterocycles. The zero-order chi connectivity index (χ0) is 15.8. The lowest BCUT2D eigenvalue weighted by Crippen LogP contribution is -2.06. The number of nitro groups is 1. The van der Waals surface area contributed by atoms with Crippen molar-refractivity contribution in [3.63, 3.8) is 0 Å². The predicted octanol–water partition coefficient (Wildman–Crippen LogP) is 2.85. The molecule has 0 radical (unpaired) electrons. The lowest BCUT2D eigenvalue weighted by molar-refractivity contribution is -0.385. The second-order valence-electron chi connectivity index (χ2n) is 4.36. The number of nitrogens with zero attached hydrogens (tertiary/aromatic N) is 1. The van der Waals surface area contributed by atoms with Gasteiger partial charge in [-0.15, -0.1) is 0 Å². The molecule has 0 atom stereocenters. The molecule has 0 spiro atoms. The molecule has 1 rings (SSSR count). The smallest absolute Gasteiger partial charge is 0.306 e. The second-order valence-corrected chi connectivity index (χ2v) is 4.36. The SMILES string of the molecule is CCCCC(=O)OCc1cc(OC)c(OC)cc1[N+](=O)[O-]. The molecule has 1 aromatic carbocycles. The number of carbonyl (C=O) groups is 1. The van der Waals surface area contributed by atoms with Crippen molar-refractivity contribution in [1.29, 1.82) is 0 Å². The molecule has 0 unspecified atom stereocenters. The monoisotopic (exact) mass is 297 g/mol. The fraction of sp³-hybridized carbons (Fsp3) is 0.500. The largest absolute Gasteiger partial charge is 0.493 e. The van der Waals surface area contributed by atoms with E-state index in [0.717, 1.165) is 12.8 Å². The van der Waals surface area contributed by atoms with Crippen molar-refractivity contribution in [2.75, 3.05) is 14.2 Å². The summed E-state index contributed by atoms with van der Waals surface area (Å²) in [5.74, 6) is 0.230. The number of methoxy groups -OCH3 is 2. The highest BCUT2D eigenvalue weighted by molar-refractivity contribution is 5.69. The maximum atomic E-state index is 11.5. The summed E-state index contributed by atoms with van der Waals surface area (Å²) < 4.78 is 15.2. The summed E-state index contributed by atoms with van der Waals surface area (Å²) in [5, 5.41) is 11.1. The van der Waals surface area contributed by atoms with Crippen LogP contribution >= 0.6 is 0 Å². The molecule has 0 aliphatic heterocycles. The van der Waals surface area contributed by atoms with Gasteiger partial charge in [-0.3, -0.25) is 14.9 Å². The molecule has 0 N–H and O–H groups in total. The van der Waals surface area contributed by atoms with Gasteiger partial charge < -0.3 is 14.2 Å². The van der Waals surface area contributed by atoms with E-state index in [9.17, 15) is 14.9 Å². The quantitative estimate of drug-likeness (QED) is 0.416. The summed E-state index contributed by atoms with van der Waals surface area (Å²) in [7, 11) is 2.83. The number of hydrogen-bond acceptors (Lipinski definition) is 6. The Morgan fingerprint density at radius 2 is 1.86 bits per heavy atom. The molecule has 0 aliphatic carbocycles. The first kappa shape index (κ1) is 16.7. The normalized spacial score (nSPS) is 10.0. The summed E-state index contributed by atoms with van der Waals surface area (Å²) in [4.78, 5) is 22.0. The van der Waals surface area contributed by atoms with Gasteiger partial charge in [-0.05, 0) is 12.5 Å². The number of hydrogen-bond donors (Lipinski definition) is 0. The zero-order valence-electron chi connectivity index (χ0n) is 12.4. The van der Waals surface area contributed by atoms with Crippen LogP contribution < -0.4 is 9.47 Å². The van der Waals surface area contributed by atoms with E-state index in [0.29, 0.717) is 12.2 Å². The summed E-state index contributed by atoms with van der Waals surface area (Å²) in [6.07, 6.45) is 1.91. The summed E-state index contributed by atoms with van der Waals surface area (Å²) in [6, 6.07) is 2.71. The van der Waals surface area contributed by atoms with Crippen LogP contribution in [-0.2, 0) is 16.1 Å². The summed E-state index contributed by atoms with van der Waals surface area (Å²) >= 11 is 0. The van der Waals surface area contributed by atoms with E-state index in [-0.39, 0.29) is 29.6 Å². The molecule has 0 aliphatic rings. The highest BCUT2D eigenvalue weighted by atomic mass is 16.6. The van der Waals surface area contributed by atoms with E-state index in [1.807, 2.05) is 6.92 Å². The third-order valence-corrected chi connectivity index (χ3v) is 2.90. The Labute approximate surface area is 123 Å². The number of ether oxygens (including phenoxy) is 3. The number of rotatable bonds is 8. The van der Waals surface area contributed by atoms with E-state index >= 15 is 0 Å². The van der Waals surface area contributed by atoms with E-state index in [2.05, 4.69) is 0 Å². The fourth-order valence-electron chi connectivity index (χ4n) is 1.75. The minimum absolute atomic E-state index is 0.167. The number of carbonyl (C=O) groups excluding carboxylic acids is 1. The van der Waals surface area contributed by atoms with Crippen LogP contribution in [0.5, 0.6) is 11.5 Å². The van der Waals surface area contributed by atoms with Gasteiger partial charge in [-0.2, -0.15) is 0 Å². The van der Waals surface area contributed by atoms with Gasteiger partial charge in [0, 0.05) is 6.42 Å². The van der Waals surface area contributed by atoms with Crippen molar-refractivity contribution in [3.05, 3.63) is 27.8 Å². The average molecular weight is 297 g/mol. The fourth-order valence-corrected chi connectivity index (χ4v) is 1.75. The number of unbranched alkanes of at least 4 members (excludes halogenated alkanes) is 1. The van der Waals surface area contributed by atoms with Gasteiger partial charge >= 0.3 is 5.97 Å². The molecule has 116 valence electrons. The van der Waals surface area contributed by atoms with Gasteiger partial charge in [0.1, 0.15) is 6.61 Å². The third-order valence-electron chi connectivity index (χ3n) is 2.90. The molecule has 7 nitrogen and oxygen atoms in total. The Hall–Kier alpha value is -2.31. The molecule has 1 aromatic rings. The molecule has 0 saturated carbocycles. The van der Waals surface area contributed by atoms with Crippen molar-refractivity contribution < 1.29 is 23.9 Å². The van der Waals surface area contributed by atoms with Crippen LogP contribution in [0, 0.1) is 10.1 Å². The highest BCUT2D eigenvalue weighted by Gasteiger charge is 2.20. The maximum absolute atomic E-state index is 11.5. The standard InChI is InChI=1S/C14H19NO6/c1-4-5-6-14(16)21-9-10-7-12(19-2)13(20-3)8-11(10)15(17)18/h7-8H,4-6,9H2,1-3H3. The van der Waals surface area contributed by atoms with Crippen molar-refractivity contribution in [2.24, 2.45) is 0 Å². The first-order valence-electron chi connectivity index (χ1n) is 6.58. The molecule has 0 fully saturated rings. The highest BCUT2D eigenvalue weighted by Crippen LogP contribution is 2.34. The summed E-state index contributed by atoms with van der Waals surface area (Å²) in [5.41, 5.74) is 0.0958. The predicted molar refractivity (Wildman–Crippen MR) is 75.5 cm³/mol. The van der Waals surface area contributed by atoms with Crippen molar-refractivity contribution in [3.8, 4) is 11.5 Å². The van der Waals surface area contributed by atoms with Crippen molar-refractivity contribution in [1.82, 2.24) is 0 Å². The van der Waals surface area contributed by atoms with Crippen molar-refractivity contribution in [2.45, 2.75) is 32.8 Å². The Kier molecular flexibility index (Phi) is 6.45. The minimum Gasteiger partial charge on any atom is -0.493 e. The van der Waals surface area contributed by atoms with Crippen LogP contribution in [0.1, 0.15) is 31.7 Å².